The van der Waals surface area contributed by atoms with Gasteiger partial charge in [-0.15, -0.1) is 0 Å². The lowest BCUT2D eigenvalue weighted by atomic mass is 9.98. The number of aliphatic hydroxyl groups is 2. The summed E-state index contributed by atoms with van der Waals surface area (Å²) in [4.78, 5) is 245. The number of aromatic hydroxyl groups is 1. The second-order valence-electron chi connectivity index (χ2n) is 28.8. The minimum absolute atomic E-state index is 0.0379. The lowest BCUT2D eigenvalue weighted by Crippen LogP contribution is -2.62. The number of primary amides is 3. The lowest BCUT2D eigenvalue weighted by molar-refractivity contribution is -0.144. The van der Waals surface area contributed by atoms with Gasteiger partial charge in [-0.05, 0) is 87.1 Å². The van der Waals surface area contributed by atoms with Crippen LogP contribution in [0.3, 0.4) is 0 Å². The van der Waals surface area contributed by atoms with Crippen LogP contribution in [0, 0.1) is 23.2 Å². The zero-order chi connectivity index (χ0) is 88.4. The van der Waals surface area contributed by atoms with Gasteiger partial charge in [0.25, 0.3) is 0 Å². The number of carbonyl (C=O) groups is 18. The van der Waals surface area contributed by atoms with Gasteiger partial charge in [-0.3, -0.25) is 86.9 Å². The summed E-state index contributed by atoms with van der Waals surface area (Å²) in [5.74, 6) is -22.7. The monoisotopic (exact) mass is 1670 g/mol. The number of fused-ring (bicyclic) bond motifs is 1. The fourth-order valence-electron chi connectivity index (χ4n) is 11.2. The first-order chi connectivity index (χ1) is 54.7. The number of hydrogen-bond acceptors (Lipinski definition) is 24. The Morgan fingerprint density at radius 1 is 0.453 bits per heavy atom. The van der Waals surface area contributed by atoms with Crippen molar-refractivity contribution < 1.29 is 107 Å². The minimum Gasteiger partial charge on any atom is -0.508 e. The van der Waals surface area contributed by atoms with Gasteiger partial charge in [0.05, 0.1) is 50.6 Å². The molecule has 44 nitrogen and oxygen atoms in total. The highest BCUT2D eigenvalue weighted by atomic mass is 32.1. The van der Waals surface area contributed by atoms with Crippen molar-refractivity contribution in [3.05, 3.63) is 65.9 Å². The van der Waals surface area contributed by atoms with Crippen molar-refractivity contribution in [1.29, 1.82) is 5.41 Å². The third-order valence-corrected chi connectivity index (χ3v) is 18.0. The molecule has 3 rings (SSSR count). The lowest BCUT2D eigenvalue weighted by Gasteiger charge is -2.30. The smallest absolute Gasteiger partial charge is 0.328 e. The van der Waals surface area contributed by atoms with Crippen molar-refractivity contribution in [1.82, 2.24) is 84.7 Å². The summed E-state index contributed by atoms with van der Waals surface area (Å²) in [6.45, 7) is 11.3. The molecule has 0 aliphatic carbocycles. The number of thiol groups is 1. The number of para-hydroxylation sites is 1. The number of guanidine groups is 1. The number of carbonyl (C=O) groups excluding carboxylic acids is 17. The van der Waals surface area contributed by atoms with Crippen LogP contribution in [0.5, 0.6) is 5.75 Å². The molecule has 646 valence electrons. The molecule has 0 saturated heterocycles. The van der Waals surface area contributed by atoms with Crippen molar-refractivity contribution in [3.8, 4) is 5.75 Å². The standard InChI is InChI=1S/C72H110N22O22S/c1-31(2)21-43(87-62(106)42(15-12-20-79-72(77)78)85-70(114)57(35(8)95)94-67(111)48(26-52(75)100)89-65(109)47(25-51(74)99)86-59(103)34(7)83-68(112)55(76)32(3)4)63(107)88-45(23-38-27-80-41-14-11-10-13-40(38)41)66(110)93-56(33(5)6)69(113)90-44(22-37-16-18-39(97)19-17-37)64(108)91-49(30-117)61(105)82-28-53(101)84-46(24-50(73)98)60(104)81-29-54(102)92-58(36(9)96)71(115)116/h10-11,13-14,16-19,27,31-36,42-49,55-58,80,95-97,117H,12,15,20-26,28-30,76H2,1-9H3,(H2,73,98)(H2,74,99)(H2,75,100)(H,81,104)(H,82,105)(H,83,112)(H,84,101)(H,85,114)(H,86,103)(H,87,106)(H,88,107)(H,89,109)(H,90,113)(H,91,108)(H,92,102)(H,93,110)(H,94,111)(H,115,116)(H4,77,78,79)/t34-,35+,36+,42-,43-,44-,45-,46-,47-,48-,49-,55-,56-,57-,58-/m0/s1. The van der Waals surface area contributed by atoms with Crippen LogP contribution in [0.25, 0.3) is 10.9 Å². The van der Waals surface area contributed by atoms with Crippen LogP contribution in [0.1, 0.15) is 112 Å². The van der Waals surface area contributed by atoms with Gasteiger partial charge in [0.1, 0.15) is 72.2 Å². The highest BCUT2D eigenvalue weighted by molar-refractivity contribution is 7.80. The maximum absolute atomic E-state index is 15.1. The van der Waals surface area contributed by atoms with Gasteiger partial charge >= 0.3 is 5.97 Å². The van der Waals surface area contributed by atoms with E-state index in [1.165, 1.54) is 45.0 Å². The molecule has 0 unspecified atom stereocenters. The zero-order valence-electron chi connectivity index (χ0n) is 66.0. The quantitative estimate of drug-likeness (QED) is 0.0108. The van der Waals surface area contributed by atoms with E-state index < -0.39 is 253 Å². The first-order valence-corrected chi connectivity index (χ1v) is 37.8. The number of rotatable bonds is 50. The van der Waals surface area contributed by atoms with Crippen LogP contribution in [-0.2, 0) is 99.1 Å². The van der Waals surface area contributed by atoms with E-state index in [1.54, 1.807) is 58.2 Å². The number of nitrogens with one attached hydrogen (secondary N) is 17. The van der Waals surface area contributed by atoms with Gasteiger partial charge in [0.2, 0.25) is 100 Å². The zero-order valence-corrected chi connectivity index (χ0v) is 66.9. The summed E-state index contributed by atoms with van der Waals surface area (Å²) < 4.78 is 0. The van der Waals surface area contributed by atoms with E-state index >= 15 is 4.79 Å². The Morgan fingerprint density at radius 3 is 1.41 bits per heavy atom. The molecule has 0 aliphatic heterocycles. The Bertz CT molecular complexity index is 4050. The number of carboxylic acids is 1. The van der Waals surface area contributed by atoms with Gasteiger partial charge in [-0.1, -0.05) is 71.9 Å². The Labute approximate surface area is 677 Å². The number of amides is 17. The van der Waals surface area contributed by atoms with Crippen LogP contribution in [0.15, 0.2) is 54.7 Å². The van der Waals surface area contributed by atoms with E-state index in [0.717, 1.165) is 13.8 Å². The largest absolute Gasteiger partial charge is 0.508 e. The fraction of sp³-hybridized carbons (Fsp3) is 0.542. The van der Waals surface area contributed by atoms with Gasteiger partial charge in [-0.2, -0.15) is 12.6 Å². The number of aliphatic carboxylic acids is 1. The number of carboxylic acid groups (broad SMARTS) is 1. The molecule has 0 spiro atoms. The van der Waals surface area contributed by atoms with Crippen molar-refractivity contribution in [2.75, 3.05) is 25.4 Å². The Morgan fingerprint density at radius 2 is 0.889 bits per heavy atom. The number of aliphatic hydroxyl groups excluding tert-OH is 2. The van der Waals surface area contributed by atoms with Crippen LogP contribution in [-0.4, -0.2) is 254 Å². The molecule has 0 saturated carbocycles. The molecular weight excluding hydrogens is 1560 g/mol. The fourth-order valence-corrected chi connectivity index (χ4v) is 11.5. The summed E-state index contributed by atoms with van der Waals surface area (Å²) in [6, 6.07) is -9.00. The van der Waals surface area contributed by atoms with E-state index in [0.29, 0.717) is 22.0 Å². The van der Waals surface area contributed by atoms with Crippen molar-refractivity contribution in [2.45, 2.75) is 204 Å². The van der Waals surface area contributed by atoms with E-state index in [4.69, 9.17) is 34.1 Å². The number of phenols is 1. The van der Waals surface area contributed by atoms with Crippen molar-refractivity contribution >= 4 is 136 Å². The summed E-state index contributed by atoms with van der Waals surface area (Å²) in [5, 5.41) is 83.9. The molecule has 15 atom stereocenters. The van der Waals surface area contributed by atoms with E-state index in [1.807, 2.05) is 5.32 Å². The molecule has 31 N–H and O–H groups in total. The normalized spacial score (nSPS) is 15.0. The molecule has 1 aromatic heterocycles. The van der Waals surface area contributed by atoms with Crippen LogP contribution in [0.2, 0.25) is 0 Å². The highest BCUT2D eigenvalue weighted by Gasteiger charge is 2.39. The van der Waals surface area contributed by atoms with Crippen molar-refractivity contribution in [3.63, 3.8) is 0 Å². The first-order valence-electron chi connectivity index (χ1n) is 37.1. The maximum Gasteiger partial charge on any atom is 0.328 e. The van der Waals surface area contributed by atoms with Crippen molar-refractivity contribution in [2.24, 2.45) is 46.4 Å². The number of phenolic OH excluding ortho intramolecular Hbond substituents is 1. The maximum atomic E-state index is 15.1. The topological polar surface area (TPSA) is 738 Å². The molecule has 0 fully saturated rings. The average molecular weight is 1670 g/mol. The first kappa shape index (κ1) is 98.9. The molecule has 0 aliphatic rings. The third kappa shape index (κ3) is 34.4. The number of nitrogens with two attached hydrogens (primary N) is 5. The van der Waals surface area contributed by atoms with Gasteiger partial charge < -0.3 is 134 Å². The predicted octanol–water partition coefficient (Wildman–Crippen LogP) is -8.92. The summed E-state index contributed by atoms with van der Waals surface area (Å²) in [6.07, 6.45) is -5.62. The summed E-state index contributed by atoms with van der Waals surface area (Å²) >= 11 is 4.21. The van der Waals surface area contributed by atoms with Gasteiger partial charge in [0.15, 0.2) is 12.0 Å². The molecule has 1 heterocycles. The number of benzene rings is 2. The molecule has 17 amide bonds. The van der Waals surface area contributed by atoms with Gasteiger partial charge in [-0.25, -0.2) is 4.79 Å². The minimum atomic E-state index is -2.03. The number of hydrogen-bond donors (Lipinski definition) is 27. The van der Waals surface area contributed by atoms with E-state index in [2.05, 4.69) is 92.0 Å². The highest BCUT2D eigenvalue weighted by Crippen LogP contribution is 2.21. The SMILES string of the molecule is CC(C)C[C@H](NC(=O)[C@H](CCCNC(=N)N)NC(=O)[C@@H](NC(=O)[C@H](CC(N)=O)NC(=O)[C@H](CC(N)=O)NC(=O)[C@H](C)NC(=O)[C@@H](N)C(C)C)[C@@H](C)O)C(=O)N[C@@H](Cc1c[nH]c2ccccc12)C(=O)N[C@H](C(=O)N[C@@H](Cc1ccc(O)cc1)C(=O)N[C@@H](CS)C(=O)NCC(=O)N[C@@H](CC(N)=O)C(=O)NCC(=O)N[C@H](C(=O)O)[C@@H](C)O)C(C)C. The predicted molar refractivity (Wildman–Crippen MR) is 421 cm³/mol. The summed E-state index contributed by atoms with van der Waals surface area (Å²) in [7, 11) is 0. The van der Waals surface area contributed by atoms with Gasteiger partial charge in [0, 0.05) is 42.2 Å². The van der Waals surface area contributed by atoms with E-state index in [-0.39, 0.29) is 50.3 Å². The molecule has 117 heavy (non-hydrogen) atoms. The van der Waals surface area contributed by atoms with Crippen LogP contribution < -0.4 is 108 Å². The molecule has 3 aromatic rings. The average Bonchev–Trinajstić information content (AvgIpc) is 1.81. The van der Waals surface area contributed by atoms with E-state index in [9.17, 15) is 102 Å². The second-order valence-corrected chi connectivity index (χ2v) is 29.2. The third-order valence-electron chi connectivity index (χ3n) is 17.6. The van der Waals surface area contributed by atoms with Crippen LogP contribution >= 0.6 is 12.6 Å². The molecule has 45 heteroatoms. The Balaban J connectivity index is 1.99. The number of aromatic amines is 1. The molecule has 0 bridgehead atoms. The molecule has 0 radical (unpaired) electrons. The molecular formula is C72H110N22O22S. The Hall–Kier alpha value is -12.3. The molecule has 2 aromatic carbocycles. The second kappa shape index (κ2) is 48.2. The Kier molecular flexibility index (Phi) is 40.8. The van der Waals surface area contributed by atoms with Crippen LogP contribution in [0.4, 0.5) is 0 Å². The number of H-pyrrole nitrogens is 1. The summed E-state index contributed by atoms with van der Waals surface area (Å²) in [5.41, 5.74) is 29.0. The number of aromatic nitrogens is 1.